The summed E-state index contributed by atoms with van der Waals surface area (Å²) in [6.45, 7) is 1.33. The lowest BCUT2D eigenvalue weighted by Gasteiger charge is -2.16. The summed E-state index contributed by atoms with van der Waals surface area (Å²) in [5.74, 6) is -1.64. The molecule has 2 rings (SSSR count). The molecule has 0 spiro atoms. The molecule has 2 atom stereocenters. The number of aromatic amines is 1. The maximum absolute atomic E-state index is 11.8. The number of benzene rings is 1. The summed E-state index contributed by atoms with van der Waals surface area (Å²) in [4.78, 5) is 25.8. The van der Waals surface area contributed by atoms with Crippen molar-refractivity contribution in [2.75, 3.05) is 0 Å². The first-order chi connectivity index (χ1) is 9.99. The lowest BCUT2D eigenvalue weighted by Crippen LogP contribution is -2.47. The van der Waals surface area contributed by atoms with Crippen LogP contribution in [0.3, 0.4) is 0 Å². The Labute approximate surface area is 121 Å². The standard InChI is InChI=1S/C15H18N2O4/c1-9(18)14(15(20)21)17-13(19)7-6-10-8-16-12-5-3-2-4-11(10)12/h2-5,8-9,14,16,18H,6-7H2,1H3,(H,17,19)(H,20,21)/t9-,14-/m1/s1. The van der Waals surface area contributed by atoms with Gasteiger partial charge in [0, 0.05) is 23.5 Å². The zero-order chi connectivity index (χ0) is 15.4. The predicted octanol–water partition coefficient (Wildman–Crippen LogP) is 1.05. The molecule has 0 saturated carbocycles. The Kier molecular flexibility index (Phi) is 4.59. The molecular weight excluding hydrogens is 272 g/mol. The van der Waals surface area contributed by atoms with E-state index < -0.39 is 24.0 Å². The fraction of sp³-hybridized carbons (Fsp3) is 0.333. The smallest absolute Gasteiger partial charge is 0.328 e. The molecule has 21 heavy (non-hydrogen) atoms. The first-order valence-electron chi connectivity index (χ1n) is 6.74. The molecule has 0 fully saturated rings. The van der Waals surface area contributed by atoms with Gasteiger partial charge in [0.05, 0.1) is 6.10 Å². The maximum atomic E-state index is 11.8. The molecule has 112 valence electrons. The first-order valence-corrected chi connectivity index (χ1v) is 6.74. The Morgan fingerprint density at radius 3 is 2.71 bits per heavy atom. The minimum absolute atomic E-state index is 0.165. The van der Waals surface area contributed by atoms with Gasteiger partial charge in [0.15, 0.2) is 6.04 Å². The molecule has 0 saturated heterocycles. The number of nitrogens with one attached hydrogen (secondary N) is 2. The van der Waals surface area contributed by atoms with E-state index in [1.165, 1.54) is 6.92 Å². The van der Waals surface area contributed by atoms with Crippen molar-refractivity contribution in [3.8, 4) is 0 Å². The second kappa shape index (κ2) is 6.41. The summed E-state index contributed by atoms with van der Waals surface area (Å²) < 4.78 is 0. The number of para-hydroxylation sites is 1. The third-order valence-electron chi connectivity index (χ3n) is 3.36. The molecule has 0 bridgehead atoms. The first kappa shape index (κ1) is 15.1. The topological polar surface area (TPSA) is 102 Å². The Bertz CT molecular complexity index is 648. The Balaban J connectivity index is 1.96. The average Bonchev–Trinajstić information content (AvgIpc) is 2.85. The Morgan fingerprint density at radius 1 is 1.33 bits per heavy atom. The van der Waals surface area contributed by atoms with Gasteiger partial charge in [-0.05, 0) is 25.0 Å². The van der Waals surface area contributed by atoms with Gasteiger partial charge in [0.25, 0.3) is 0 Å². The van der Waals surface area contributed by atoms with E-state index in [-0.39, 0.29) is 6.42 Å². The quantitative estimate of drug-likeness (QED) is 0.638. The highest BCUT2D eigenvalue weighted by Gasteiger charge is 2.24. The van der Waals surface area contributed by atoms with Crippen LogP contribution in [-0.2, 0) is 16.0 Å². The molecule has 0 radical (unpaired) electrons. The van der Waals surface area contributed by atoms with E-state index in [1.807, 2.05) is 30.5 Å². The number of aliphatic carboxylic acids is 1. The van der Waals surface area contributed by atoms with Gasteiger partial charge in [0.1, 0.15) is 0 Å². The van der Waals surface area contributed by atoms with Gasteiger partial charge >= 0.3 is 5.97 Å². The SMILES string of the molecule is C[C@@H](O)[C@@H](NC(=O)CCc1c[nH]c2ccccc12)C(=O)O. The molecule has 0 unspecified atom stereocenters. The van der Waals surface area contributed by atoms with Gasteiger partial charge in [-0.1, -0.05) is 18.2 Å². The van der Waals surface area contributed by atoms with Gasteiger partial charge in [-0.15, -0.1) is 0 Å². The van der Waals surface area contributed by atoms with Crippen LogP contribution < -0.4 is 5.32 Å². The van der Waals surface area contributed by atoms with Crippen molar-refractivity contribution in [3.05, 3.63) is 36.0 Å². The van der Waals surface area contributed by atoms with E-state index in [1.54, 1.807) is 0 Å². The van der Waals surface area contributed by atoms with E-state index in [4.69, 9.17) is 5.11 Å². The van der Waals surface area contributed by atoms with Crippen molar-refractivity contribution in [2.24, 2.45) is 0 Å². The van der Waals surface area contributed by atoms with Gasteiger partial charge < -0.3 is 20.5 Å². The van der Waals surface area contributed by atoms with Crippen LogP contribution in [0.15, 0.2) is 30.5 Å². The van der Waals surface area contributed by atoms with Gasteiger partial charge in [0.2, 0.25) is 5.91 Å². The van der Waals surface area contributed by atoms with Gasteiger partial charge in [-0.3, -0.25) is 4.79 Å². The van der Waals surface area contributed by atoms with E-state index in [9.17, 15) is 14.7 Å². The molecule has 2 aromatic rings. The second-order valence-corrected chi connectivity index (χ2v) is 4.98. The number of aliphatic hydroxyl groups excluding tert-OH is 1. The fourth-order valence-corrected chi connectivity index (χ4v) is 2.22. The number of aromatic nitrogens is 1. The summed E-state index contributed by atoms with van der Waals surface area (Å²) in [5.41, 5.74) is 2.00. The van der Waals surface area contributed by atoms with Crippen molar-refractivity contribution >= 4 is 22.8 Å². The van der Waals surface area contributed by atoms with E-state index >= 15 is 0 Å². The van der Waals surface area contributed by atoms with Crippen LogP contribution in [0, 0.1) is 0 Å². The predicted molar refractivity (Wildman–Crippen MR) is 77.9 cm³/mol. The molecule has 4 N–H and O–H groups in total. The van der Waals surface area contributed by atoms with E-state index in [2.05, 4.69) is 10.3 Å². The number of amides is 1. The normalized spacial score (nSPS) is 13.8. The summed E-state index contributed by atoms with van der Waals surface area (Å²) in [6, 6.07) is 6.49. The summed E-state index contributed by atoms with van der Waals surface area (Å²) in [7, 11) is 0. The van der Waals surface area contributed by atoms with Crippen LogP contribution in [0.4, 0.5) is 0 Å². The lowest BCUT2D eigenvalue weighted by molar-refractivity contribution is -0.144. The molecule has 1 amide bonds. The van der Waals surface area contributed by atoms with Gasteiger partial charge in [-0.2, -0.15) is 0 Å². The molecule has 6 heteroatoms. The number of fused-ring (bicyclic) bond motifs is 1. The van der Waals surface area contributed by atoms with Crippen LogP contribution in [-0.4, -0.2) is 39.2 Å². The van der Waals surface area contributed by atoms with Crippen LogP contribution in [0.1, 0.15) is 18.9 Å². The average molecular weight is 290 g/mol. The minimum Gasteiger partial charge on any atom is -0.480 e. The van der Waals surface area contributed by atoms with E-state index in [0.717, 1.165) is 16.5 Å². The number of hydrogen-bond acceptors (Lipinski definition) is 3. The molecule has 0 aliphatic rings. The number of hydrogen-bond donors (Lipinski definition) is 4. The molecule has 1 heterocycles. The van der Waals surface area contributed by atoms with Crippen LogP contribution in [0.5, 0.6) is 0 Å². The molecule has 0 aliphatic heterocycles. The van der Waals surface area contributed by atoms with Crippen LogP contribution in [0.25, 0.3) is 10.9 Å². The molecule has 1 aromatic carbocycles. The number of aliphatic hydroxyl groups is 1. The third-order valence-corrected chi connectivity index (χ3v) is 3.36. The Hall–Kier alpha value is -2.34. The fourth-order valence-electron chi connectivity index (χ4n) is 2.22. The zero-order valence-electron chi connectivity index (χ0n) is 11.7. The van der Waals surface area contributed by atoms with Crippen LogP contribution in [0.2, 0.25) is 0 Å². The number of carbonyl (C=O) groups excluding carboxylic acids is 1. The number of rotatable bonds is 6. The summed E-state index contributed by atoms with van der Waals surface area (Å²) in [5, 5.41) is 21.6. The zero-order valence-corrected chi connectivity index (χ0v) is 11.7. The van der Waals surface area contributed by atoms with Gasteiger partial charge in [-0.25, -0.2) is 4.79 Å². The molecule has 0 aliphatic carbocycles. The molecule has 6 nitrogen and oxygen atoms in total. The van der Waals surface area contributed by atoms with Crippen LogP contribution >= 0.6 is 0 Å². The van der Waals surface area contributed by atoms with Crippen molar-refractivity contribution < 1.29 is 19.8 Å². The van der Waals surface area contributed by atoms with Crippen molar-refractivity contribution in [1.82, 2.24) is 10.3 Å². The maximum Gasteiger partial charge on any atom is 0.328 e. The number of aryl methyl sites for hydroxylation is 1. The highest BCUT2D eigenvalue weighted by atomic mass is 16.4. The Morgan fingerprint density at radius 2 is 2.05 bits per heavy atom. The summed E-state index contributed by atoms with van der Waals surface area (Å²) >= 11 is 0. The lowest BCUT2D eigenvalue weighted by atomic mass is 10.1. The number of carboxylic acid groups (broad SMARTS) is 1. The number of carbonyl (C=O) groups is 2. The van der Waals surface area contributed by atoms with Crippen molar-refractivity contribution in [3.63, 3.8) is 0 Å². The second-order valence-electron chi connectivity index (χ2n) is 4.98. The number of carboxylic acids is 1. The highest BCUT2D eigenvalue weighted by Crippen LogP contribution is 2.18. The highest BCUT2D eigenvalue weighted by molar-refractivity contribution is 5.86. The molecule has 1 aromatic heterocycles. The van der Waals surface area contributed by atoms with Crippen molar-refractivity contribution in [1.29, 1.82) is 0 Å². The summed E-state index contributed by atoms with van der Waals surface area (Å²) in [6.07, 6.45) is 1.38. The van der Waals surface area contributed by atoms with E-state index in [0.29, 0.717) is 6.42 Å². The minimum atomic E-state index is -1.28. The number of H-pyrrole nitrogens is 1. The molecular formula is C15H18N2O4. The van der Waals surface area contributed by atoms with Crippen molar-refractivity contribution in [2.45, 2.75) is 31.9 Å². The monoisotopic (exact) mass is 290 g/mol. The largest absolute Gasteiger partial charge is 0.480 e. The third kappa shape index (κ3) is 3.61.